The van der Waals surface area contributed by atoms with Crippen LogP contribution in [0.1, 0.15) is 5.56 Å². The second kappa shape index (κ2) is 5.37. The van der Waals surface area contributed by atoms with Gasteiger partial charge in [-0.25, -0.2) is 0 Å². The second-order valence-electron chi connectivity index (χ2n) is 7.49. The van der Waals surface area contributed by atoms with Crippen LogP contribution in [0.25, 0.3) is 11.1 Å². The minimum absolute atomic E-state index is 0.324. The van der Waals surface area contributed by atoms with Crippen molar-refractivity contribution in [3.05, 3.63) is 96.6 Å². The SMILES string of the molecule is Cc1cccc(N2c3ccccc3B3c4ccccc4-c4cccc2c43)c1. The number of nitrogens with zero attached hydrogens (tertiary/aromatic N) is 1. The van der Waals surface area contributed by atoms with Gasteiger partial charge in [-0.3, -0.25) is 0 Å². The lowest BCUT2D eigenvalue weighted by Gasteiger charge is -2.36. The highest BCUT2D eigenvalue weighted by molar-refractivity contribution is 7.01. The Morgan fingerprint density at radius 1 is 0.630 bits per heavy atom. The first-order valence-electron chi connectivity index (χ1n) is 9.51. The zero-order valence-corrected chi connectivity index (χ0v) is 15.2. The number of benzene rings is 4. The summed E-state index contributed by atoms with van der Waals surface area (Å²) in [6.07, 6.45) is 0. The first-order chi connectivity index (χ1) is 13.3. The predicted molar refractivity (Wildman–Crippen MR) is 116 cm³/mol. The number of hydrogen-bond acceptors (Lipinski definition) is 1. The molecule has 27 heavy (non-hydrogen) atoms. The van der Waals surface area contributed by atoms with E-state index in [-0.39, 0.29) is 0 Å². The summed E-state index contributed by atoms with van der Waals surface area (Å²) < 4.78 is 0. The fourth-order valence-electron chi connectivity index (χ4n) is 4.87. The molecule has 126 valence electrons. The molecule has 6 rings (SSSR count). The quantitative estimate of drug-likeness (QED) is 0.403. The molecular weight excluding hydrogens is 325 g/mol. The summed E-state index contributed by atoms with van der Waals surface area (Å²) in [6.45, 7) is 2.48. The Morgan fingerprint density at radius 2 is 1.33 bits per heavy atom. The highest BCUT2D eigenvalue weighted by atomic mass is 15.1. The Balaban J connectivity index is 1.72. The third-order valence-corrected chi connectivity index (χ3v) is 5.92. The molecule has 0 saturated carbocycles. The maximum atomic E-state index is 2.43. The maximum Gasteiger partial charge on any atom is 0.248 e. The van der Waals surface area contributed by atoms with Crippen molar-refractivity contribution in [1.82, 2.24) is 0 Å². The molecule has 0 fully saturated rings. The van der Waals surface area contributed by atoms with Gasteiger partial charge in [0.15, 0.2) is 0 Å². The van der Waals surface area contributed by atoms with Crippen molar-refractivity contribution in [1.29, 1.82) is 0 Å². The molecule has 2 aliphatic heterocycles. The minimum Gasteiger partial charge on any atom is -0.311 e. The van der Waals surface area contributed by atoms with Crippen molar-refractivity contribution in [3.8, 4) is 11.1 Å². The first kappa shape index (κ1) is 14.9. The van der Waals surface area contributed by atoms with E-state index in [4.69, 9.17) is 0 Å². The fraction of sp³-hybridized carbons (Fsp3) is 0.0400. The number of fused-ring (bicyclic) bond motifs is 5. The molecule has 0 bridgehead atoms. The lowest BCUT2D eigenvalue weighted by atomic mass is 9.37. The fourth-order valence-corrected chi connectivity index (χ4v) is 4.87. The molecule has 2 heteroatoms. The summed E-state index contributed by atoms with van der Waals surface area (Å²) in [7, 11) is 0. The Labute approximate surface area is 160 Å². The van der Waals surface area contributed by atoms with Gasteiger partial charge in [0.2, 0.25) is 6.71 Å². The third-order valence-electron chi connectivity index (χ3n) is 5.92. The first-order valence-corrected chi connectivity index (χ1v) is 9.51. The average Bonchev–Trinajstić information content (AvgIpc) is 3.05. The number of rotatable bonds is 1. The largest absolute Gasteiger partial charge is 0.311 e. The van der Waals surface area contributed by atoms with Gasteiger partial charge in [-0.05, 0) is 58.8 Å². The normalized spacial score (nSPS) is 13.2. The van der Waals surface area contributed by atoms with Gasteiger partial charge >= 0.3 is 0 Å². The molecule has 0 atom stereocenters. The molecule has 0 saturated heterocycles. The minimum atomic E-state index is 0.324. The zero-order chi connectivity index (χ0) is 18.0. The monoisotopic (exact) mass is 343 g/mol. The van der Waals surface area contributed by atoms with Crippen molar-refractivity contribution in [2.45, 2.75) is 6.92 Å². The van der Waals surface area contributed by atoms with Crippen molar-refractivity contribution >= 4 is 40.2 Å². The van der Waals surface area contributed by atoms with E-state index in [9.17, 15) is 0 Å². The van der Waals surface area contributed by atoms with E-state index in [1.807, 2.05) is 0 Å². The van der Waals surface area contributed by atoms with Crippen LogP contribution in [0.2, 0.25) is 0 Å². The predicted octanol–water partition coefficient (Wildman–Crippen LogP) is 4.27. The van der Waals surface area contributed by atoms with Gasteiger partial charge in [0.05, 0.1) is 0 Å². The van der Waals surface area contributed by atoms with E-state index in [1.165, 1.54) is 50.1 Å². The van der Waals surface area contributed by atoms with Crippen LogP contribution >= 0.6 is 0 Å². The number of anilines is 3. The van der Waals surface area contributed by atoms with Crippen molar-refractivity contribution in [3.63, 3.8) is 0 Å². The maximum absolute atomic E-state index is 2.43. The lowest BCUT2D eigenvalue weighted by Crippen LogP contribution is -2.54. The van der Waals surface area contributed by atoms with Crippen molar-refractivity contribution in [2.24, 2.45) is 0 Å². The molecule has 0 spiro atoms. The summed E-state index contributed by atoms with van der Waals surface area (Å²) in [6, 6.07) is 33.3. The molecule has 2 aliphatic rings. The van der Waals surface area contributed by atoms with Crippen LogP contribution in [0.3, 0.4) is 0 Å². The van der Waals surface area contributed by atoms with E-state index in [2.05, 4.69) is 103 Å². The van der Waals surface area contributed by atoms with E-state index in [0.717, 1.165) is 0 Å². The zero-order valence-electron chi connectivity index (χ0n) is 15.2. The van der Waals surface area contributed by atoms with Crippen LogP contribution in [0, 0.1) is 6.92 Å². The van der Waals surface area contributed by atoms with E-state index in [0.29, 0.717) is 6.71 Å². The summed E-state index contributed by atoms with van der Waals surface area (Å²) >= 11 is 0. The number of aryl methyl sites for hydroxylation is 1. The molecule has 1 nitrogen and oxygen atoms in total. The topological polar surface area (TPSA) is 3.24 Å². The molecule has 2 heterocycles. The Hall–Kier alpha value is -3.26. The van der Waals surface area contributed by atoms with E-state index < -0.39 is 0 Å². The van der Waals surface area contributed by atoms with Crippen molar-refractivity contribution in [2.75, 3.05) is 4.90 Å². The Morgan fingerprint density at radius 3 is 2.22 bits per heavy atom. The van der Waals surface area contributed by atoms with Gasteiger partial charge in [-0.2, -0.15) is 0 Å². The summed E-state index contributed by atoms with van der Waals surface area (Å²) in [5.41, 5.74) is 12.1. The average molecular weight is 343 g/mol. The molecule has 0 aromatic heterocycles. The lowest BCUT2D eigenvalue weighted by molar-refractivity contribution is 1.28. The molecule has 0 amide bonds. The molecule has 4 aromatic carbocycles. The van der Waals surface area contributed by atoms with E-state index >= 15 is 0 Å². The van der Waals surface area contributed by atoms with E-state index in [1.54, 1.807) is 0 Å². The smallest absolute Gasteiger partial charge is 0.248 e. The third kappa shape index (κ3) is 1.96. The molecule has 0 radical (unpaired) electrons. The number of hydrogen-bond donors (Lipinski definition) is 0. The molecule has 0 aliphatic carbocycles. The van der Waals surface area contributed by atoms with Gasteiger partial charge in [0.1, 0.15) is 0 Å². The van der Waals surface area contributed by atoms with Crippen LogP contribution in [0.4, 0.5) is 17.1 Å². The van der Waals surface area contributed by atoms with Gasteiger partial charge in [-0.15, -0.1) is 0 Å². The van der Waals surface area contributed by atoms with Crippen molar-refractivity contribution < 1.29 is 0 Å². The standard InChI is InChI=1S/C25H18BN/c1-17-8-6-9-18(16-17)27-23-14-5-4-13-22(23)26-21-12-3-2-10-19(21)20-11-7-15-24(27)25(20)26/h2-16H,1H3. The van der Waals surface area contributed by atoms with Crippen LogP contribution in [0.15, 0.2) is 91.0 Å². The highest BCUT2D eigenvalue weighted by Gasteiger charge is 2.41. The molecule has 4 aromatic rings. The van der Waals surface area contributed by atoms with Gasteiger partial charge in [-0.1, -0.05) is 72.2 Å². The van der Waals surface area contributed by atoms with Crippen LogP contribution in [0.5, 0.6) is 0 Å². The summed E-state index contributed by atoms with van der Waals surface area (Å²) in [4.78, 5) is 2.43. The molecule has 0 unspecified atom stereocenters. The summed E-state index contributed by atoms with van der Waals surface area (Å²) in [5.74, 6) is 0. The van der Waals surface area contributed by atoms with Crippen LogP contribution < -0.4 is 21.3 Å². The van der Waals surface area contributed by atoms with Gasteiger partial charge < -0.3 is 4.90 Å². The van der Waals surface area contributed by atoms with Gasteiger partial charge in [0.25, 0.3) is 0 Å². The van der Waals surface area contributed by atoms with Crippen LogP contribution in [-0.2, 0) is 0 Å². The molecule has 0 N–H and O–H groups in total. The van der Waals surface area contributed by atoms with Crippen LogP contribution in [-0.4, -0.2) is 6.71 Å². The Bertz CT molecular complexity index is 1210. The van der Waals surface area contributed by atoms with Gasteiger partial charge in [0, 0.05) is 17.1 Å². The molecular formula is C25H18BN. The highest BCUT2D eigenvalue weighted by Crippen LogP contribution is 2.40. The number of para-hydroxylation sites is 1. The Kier molecular flexibility index (Phi) is 2.96. The second-order valence-corrected chi connectivity index (χ2v) is 7.49. The summed E-state index contributed by atoms with van der Waals surface area (Å²) in [5, 5.41) is 0.